The van der Waals surface area contributed by atoms with Crippen LogP contribution in [0.5, 0.6) is 0 Å². The average Bonchev–Trinajstić information content (AvgIpc) is 3.28. The minimum Gasteiger partial charge on any atom is -0.273 e. The molecule has 0 aliphatic carbocycles. The molecule has 156 valence electrons. The SMILES string of the molecule is Cc1c(Cl)cccc1N1C(=O)[C@H]2[C@H](ON(c3ccccc3)[C@H]2c2ccc(Cl)cc2)C1=O. The van der Waals surface area contributed by atoms with E-state index in [0.717, 1.165) is 11.3 Å². The molecule has 2 heterocycles. The standard InChI is InChI=1S/C24H18Cl2N2O3/c1-14-18(26)8-5-9-19(14)27-23(29)20-21(15-10-12-16(25)13-11-15)28(31-22(20)24(27)30)17-6-3-2-4-7-17/h2-13,20-22H,1H3/t20-,21+,22+/m1/s1. The average molecular weight is 453 g/mol. The lowest BCUT2D eigenvalue weighted by Crippen LogP contribution is -2.37. The Kier molecular flexibility index (Phi) is 4.97. The van der Waals surface area contributed by atoms with Crippen molar-refractivity contribution < 1.29 is 14.4 Å². The Morgan fingerprint density at radius 1 is 0.839 bits per heavy atom. The zero-order valence-corrected chi connectivity index (χ0v) is 18.0. The first-order valence-corrected chi connectivity index (χ1v) is 10.6. The molecule has 0 spiro atoms. The Hall–Kier alpha value is -2.86. The van der Waals surface area contributed by atoms with Crippen molar-refractivity contribution >= 4 is 46.4 Å². The van der Waals surface area contributed by atoms with Crippen LogP contribution in [0, 0.1) is 12.8 Å². The van der Waals surface area contributed by atoms with E-state index in [1.165, 1.54) is 4.90 Å². The lowest BCUT2D eigenvalue weighted by Gasteiger charge is -2.29. The first-order chi connectivity index (χ1) is 15.0. The van der Waals surface area contributed by atoms with E-state index in [4.69, 9.17) is 28.0 Å². The number of hydrogen-bond donors (Lipinski definition) is 0. The molecule has 2 amide bonds. The number of fused-ring (bicyclic) bond motifs is 1. The molecule has 0 aromatic heterocycles. The molecule has 3 aromatic rings. The highest BCUT2D eigenvalue weighted by molar-refractivity contribution is 6.32. The number of rotatable bonds is 3. The number of benzene rings is 3. The highest BCUT2D eigenvalue weighted by Crippen LogP contribution is 2.48. The summed E-state index contributed by atoms with van der Waals surface area (Å²) in [6.45, 7) is 1.79. The number of carbonyl (C=O) groups is 2. The fourth-order valence-corrected chi connectivity index (χ4v) is 4.58. The summed E-state index contributed by atoms with van der Waals surface area (Å²) >= 11 is 12.3. The fourth-order valence-electron chi connectivity index (χ4n) is 4.29. The van der Waals surface area contributed by atoms with Crippen LogP contribution in [0.4, 0.5) is 11.4 Å². The molecule has 0 unspecified atom stereocenters. The highest BCUT2D eigenvalue weighted by atomic mass is 35.5. The van der Waals surface area contributed by atoms with Gasteiger partial charge in [-0.3, -0.25) is 14.4 Å². The zero-order chi connectivity index (χ0) is 21.7. The molecule has 0 radical (unpaired) electrons. The van der Waals surface area contributed by atoms with Crippen molar-refractivity contribution in [3.8, 4) is 0 Å². The monoisotopic (exact) mass is 452 g/mol. The maximum absolute atomic E-state index is 13.6. The predicted octanol–water partition coefficient (Wildman–Crippen LogP) is 5.35. The molecule has 2 aliphatic rings. The predicted molar refractivity (Wildman–Crippen MR) is 120 cm³/mol. The Labute approximate surface area is 189 Å². The molecule has 0 N–H and O–H groups in total. The molecular formula is C24H18Cl2N2O3. The number of para-hydroxylation sites is 1. The Balaban J connectivity index is 1.60. The van der Waals surface area contributed by atoms with Crippen LogP contribution in [-0.2, 0) is 14.4 Å². The van der Waals surface area contributed by atoms with Crippen LogP contribution in [-0.4, -0.2) is 17.9 Å². The number of anilines is 2. The van der Waals surface area contributed by atoms with E-state index in [-0.39, 0.29) is 5.91 Å². The maximum atomic E-state index is 13.6. The zero-order valence-electron chi connectivity index (χ0n) is 16.5. The number of hydrogen-bond acceptors (Lipinski definition) is 4. The van der Waals surface area contributed by atoms with Gasteiger partial charge in [0.05, 0.1) is 17.4 Å². The second-order valence-corrected chi connectivity index (χ2v) is 8.45. The first-order valence-electron chi connectivity index (χ1n) is 9.87. The first kappa shape index (κ1) is 20.1. The molecular weight excluding hydrogens is 435 g/mol. The molecule has 2 aliphatic heterocycles. The van der Waals surface area contributed by atoms with E-state index in [1.54, 1.807) is 42.3 Å². The van der Waals surface area contributed by atoms with Gasteiger partial charge in [0, 0.05) is 10.0 Å². The van der Waals surface area contributed by atoms with Gasteiger partial charge in [0.25, 0.3) is 5.91 Å². The lowest BCUT2D eigenvalue weighted by atomic mass is 9.90. The van der Waals surface area contributed by atoms with Gasteiger partial charge in [-0.15, -0.1) is 0 Å². The third kappa shape index (κ3) is 3.21. The van der Waals surface area contributed by atoms with Crippen LogP contribution in [0.25, 0.3) is 0 Å². The third-order valence-corrected chi connectivity index (χ3v) is 6.48. The number of hydroxylamine groups is 1. The molecule has 5 nitrogen and oxygen atoms in total. The van der Waals surface area contributed by atoms with Crippen molar-refractivity contribution in [2.45, 2.75) is 19.1 Å². The van der Waals surface area contributed by atoms with Crippen molar-refractivity contribution in [1.29, 1.82) is 0 Å². The van der Waals surface area contributed by atoms with E-state index >= 15 is 0 Å². The van der Waals surface area contributed by atoms with Gasteiger partial charge in [-0.05, 0) is 54.4 Å². The summed E-state index contributed by atoms with van der Waals surface area (Å²) < 4.78 is 0. The summed E-state index contributed by atoms with van der Waals surface area (Å²) in [5.74, 6) is -1.40. The smallest absolute Gasteiger partial charge is 0.266 e. The number of nitrogens with zero attached hydrogens (tertiary/aromatic N) is 2. The molecule has 0 saturated carbocycles. The summed E-state index contributed by atoms with van der Waals surface area (Å²) in [5.41, 5.74) is 2.77. The summed E-state index contributed by atoms with van der Waals surface area (Å²) in [4.78, 5) is 34.3. The highest BCUT2D eigenvalue weighted by Gasteiger charge is 2.60. The number of carbonyl (C=O) groups excluding carboxylic acids is 2. The molecule has 7 heteroatoms. The van der Waals surface area contributed by atoms with Gasteiger partial charge in [0.15, 0.2) is 6.10 Å². The van der Waals surface area contributed by atoms with E-state index in [0.29, 0.717) is 21.3 Å². The molecule has 2 fully saturated rings. The summed E-state index contributed by atoms with van der Waals surface area (Å²) in [7, 11) is 0. The topological polar surface area (TPSA) is 49.9 Å². The molecule has 31 heavy (non-hydrogen) atoms. The Morgan fingerprint density at radius 3 is 2.26 bits per heavy atom. The van der Waals surface area contributed by atoms with Crippen LogP contribution in [0.3, 0.4) is 0 Å². The summed E-state index contributed by atoms with van der Waals surface area (Å²) in [5, 5.41) is 2.75. The summed E-state index contributed by atoms with van der Waals surface area (Å²) in [6, 6.07) is 21.4. The molecule has 3 aromatic carbocycles. The van der Waals surface area contributed by atoms with Gasteiger partial charge in [0.2, 0.25) is 5.91 Å². The maximum Gasteiger partial charge on any atom is 0.266 e. The fraction of sp³-hybridized carbons (Fsp3) is 0.167. The van der Waals surface area contributed by atoms with Gasteiger partial charge < -0.3 is 0 Å². The van der Waals surface area contributed by atoms with Crippen LogP contribution >= 0.6 is 23.2 Å². The van der Waals surface area contributed by atoms with Crippen LogP contribution in [0.2, 0.25) is 10.0 Å². The second-order valence-electron chi connectivity index (χ2n) is 7.61. The lowest BCUT2D eigenvalue weighted by molar-refractivity contribution is -0.126. The Morgan fingerprint density at radius 2 is 1.55 bits per heavy atom. The third-order valence-electron chi connectivity index (χ3n) is 5.82. The number of halogens is 2. The van der Waals surface area contributed by atoms with Gasteiger partial charge in [-0.25, -0.2) is 9.96 Å². The van der Waals surface area contributed by atoms with Gasteiger partial charge in [-0.2, -0.15) is 0 Å². The normalized spacial score (nSPS) is 22.9. The van der Waals surface area contributed by atoms with Gasteiger partial charge in [0.1, 0.15) is 5.92 Å². The van der Waals surface area contributed by atoms with Crippen molar-refractivity contribution in [3.63, 3.8) is 0 Å². The minimum atomic E-state index is -0.924. The molecule has 2 saturated heterocycles. The van der Waals surface area contributed by atoms with E-state index in [2.05, 4.69) is 0 Å². The summed E-state index contributed by atoms with van der Waals surface area (Å²) in [6.07, 6.45) is -0.924. The second kappa shape index (κ2) is 7.68. The van der Waals surface area contributed by atoms with Crippen LogP contribution in [0.15, 0.2) is 72.8 Å². The quantitative estimate of drug-likeness (QED) is 0.502. The Bertz CT molecular complexity index is 1170. The van der Waals surface area contributed by atoms with E-state index in [1.807, 2.05) is 42.5 Å². The van der Waals surface area contributed by atoms with Crippen molar-refractivity contribution in [3.05, 3.63) is 94.0 Å². The van der Waals surface area contributed by atoms with Gasteiger partial charge >= 0.3 is 0 Å². The van der Waals surface area contributed by atoms with E-state index in [9.17, 15) is 9.59 Å². The molecule has 3 atom stereocenters. The van der Waals surface area contributed by atoms with Crippen LogP contribution in [0.1, 0.15) is 17.2 Å². The minimum absolute atomic E-state index is 0.307. The largest absolute Gasteiger partial charge is 0.273 e. The van der Waals surface area contributed by atoms with Crippen molar-refractivity contribution in [2.75, 3.05) is 9.96 Å². The molecule has 5 rings (SSSR count). The van der Waals surface area contributed by atoms with E-state index < -0.39 is 24.0 Å². The van der Waals surface area contributed by atoms with Crippen molar-refractivity contribution in [1.82, 2.24) is 0 Å². The van der Waals surface area contributed by atoms with Crippen LogP contribution < -0.4 is 9.96 Å². The molecule has 0 bridgehead atoms. The van der Waals surface area contributed by atoms with Gasteiger partial charge in [-0.1, -0.05) is 59.6 Å². The number of amides is 2. The van der Waals surface area contributed by atoms with Crippen molar-refractivity contribution in [2.24, 2.45) is 5.92 Å². The number of imide groups is 1.